The van der Waals surface area contributed by atoms with Crippen molar-refractivity contribution in [3.05, 3.63) is 0 Å². The van der Waals surface area contributed by atoms with Crippen molar-refractivity contribution in [2.24, 2.45) is 23.3 Å². The number of hydrogen-bond acceptors (Lipinski definition) is 11. The van der Waals surface area contributed by atoms with Gasteiger partial charge in [-0.1, -0.05) is 34.1 Å². The Labute approximate surface area is 283 Å². The Hall–Kier alpha value is -3.58. The van der Waals surface area contributed by atoms with Crippen LogP contribution in [0.4, 0.5) is 0 Å². The van der Waals surface area contributed by atoms with Crippen molar-refractivity contribution in [1.82, 2.24) is 26.6 Å². The van der Waals surface area contributed by atoms with E-state index >= 15 is 0 Å². The normalized spacial score (nSPS) is 15.5. The third-order valence-electron chi connectivity index (χ3n) is 7.13. The van der Waals surface area contributed by atoms with Gasteiger partial charge >= 0.3 is 11.9 Å². The van der Waals surface area contributed by atoms with Gasteiger partial charge in [0.25, 0.3) is 0 Å². The fraction of sp³-hybridized carbons (Fsp3) is 0.714. The molecule has 11 N–H and O–H groups in total. The topological polar surface area (TPSA) is 289 Å². The van der Waals surface area contributed by atoms with Crippen LogP contribution in [0.2, 0.25) is 0 Å². The van der Waals surface area contributed by atoms with Crippen LogP contribution in [-0.4, -0.2) is 112 Å². The molecule has 0 fully saturated rings. The second kappa shape index (κ2) is 22.1. The Morgan fingerprint density at radius 3 is 1.70 bits per heavy atom. The molecular formula is C28H49N7O10S2. The molecule has 0 heterocycles. The summed E-state index contributed by atoms with van der Waals surface area (Å²) < 4.78 is 0. The molecule has 0 unspecified atom stereocenters. The molecule has 17 nitrogen and oxygen atoms in total. The summed E-state index contributed by atoms with van der Waals surface area (Å²) >= 11 is 5.45. The Morgan fingerprint density at radius 1 is 0.745 bits per heavy atom. The number of hydrogen-bond donors (Lipinski definition) is 10. The number of carbonyl (C=O) groups excluding carboxylic acids is 6. The minimum atomic E-state index is -1.44. The zero-order valence-electron chi connectivity index (χ0n) is 27.2. The summed E-state index contributed by atoms with van der Waals surface area (Å²) in [7, 11) is 0. The lowest BCUT2D eigenvalue weighted by Gasteiger charge is -2.29. The summed E-state index contributed by atoms with van der Waals surface area (Å²) in [6.07, 6.45) is 1.02. The van der Waals surface area contributed by atoms with Crippen molar-refractivity contribution in [3.8, 4) is 0 Å². The van der Waals surface area contributed by atoms with Crippen molar-refractivity contribution < 1.29 is 48.6 Å². The molecule has 0 radical (unpaired) electrons. The van der Waals surface area contributed by atoms with E-state index in [0.717, 1.165) is 0 Å². The van der Waals surface area contributed by atoms with Crippen LogP contribution in [0.5, 0.6) is 0 Å². The molecule has 0 spiro atoms. The number of carbonyl (C=O) groups is 8. The summed E-state index contributed by atoms with van der Waals surface area (Å²) in [5, 5.41) is 30.7. The van der Waals surface area contributed by atoms with Crippen LogP contribution in [0.15, 0.2) is 0 Å². The number of thiol groups is 1. The molecule has 0 aromatic carbocycles. The molecule has 7 atom stereocenters. The summed E-state index contributed by atoms with van der Waals surface area (Å²) in [5.41, 5.74) is 10.9. The van der Waals surface area contributed by atoms with E-state index in [4.69, 9.17) is 16.6 Å². The van der Waals surface area contributed by atoms with E-state index in [1.54, 1.807) is 34.0 Å². The van der Waals surface area contributed by atoms with Crippen molar-refractivity contribution in [3.63, 3.8) is 0 Å². The smallest absolute Gasteiger partial charge is 0.326 e. The van der Waals surface area contributed by atoms with Crippen molar-refractivity contribution >= 4 is 71.8 Å². The molecule has 268 valence electrons. The molecule has 47 heavy (non-hydrogen) atoms. The van der Waals surface area contributed by atoms with Gasteiger partial charge in [-0.05, 0) is 36.7 Å². The van der Waals surface area contributed by atoms with Crippen LogP contribution in [0.1, 0.15) is 59.8 Å². The Kier molecular flexibility index (Phi) is 20.4. The highest BCUT2D eigenvalue weighted by atomic mass is 32.2. The first kappa shape index (κ1) is 43.4. The second-order valence-corrected chi connectivity index (χ2v) is 12.6. The molecule has 0 aromatic rings. The zero-order valence-corrected chi connectivity index (χ0v) is 29.0. The van der Waals surface area contributed by atoms with Crippen LogP contribution in [-0.2, 0) is 38.4 Å². The van der Waals surface area contributed by atoms with Crippen molar-refractivity contribution in [2.45, 2.75) is 96.1 Å². The van der Waals surface area contributed by atoms with Gasteiger partial charge in [-0.15, -0.1) is 0 Å². The highest BCUT2D eigenvalue weighted by molar-refractivity contribution is 7.98. The lowest BCUT2D eigenvalue weighted by Crippen LogP contribution is -2.61. The van der Waals surface area contributed by atoms with Crippen molar-refractivity contribution in [2.75, 3.05) is 17.8 Å². The predicted molar refractivity (Wildman–Crippen MR) is 177 cm³/mol. The van der Waals surface area contributed by atoms with Gasteiger partial charge in [-0.2, -0.15) is 24.4 Å². The number of rotatable bonds is 23. The van der Waals surface area contributed by atoms with Crippen molar-refractivity contribution in [1.29, 1.82) is 0 Å². The van der Waals surface area contributed by atoms with Crippen LogP contribution in [0.25, 0.3) is 0 Å². The molecule has 0 aliphatic carbocycles. The number of aliphatic carboxylic acids is 2. The average molecular weight is 708 g/mol. The standard InChI is InChI=1S/C28H49N7O10S2/c1-6-14(4)22(35-26(42)18(12-46)33-23(39)15(29)11-20(37)38)27(43)32-16(7-8-19(30)36)24(40)31-17(9-10-47-5)25(41)34-21(13(2)3)28(44)45/h13-18,21-22,46H,6-12,29H2,1-5H3,(H2,30,36)(H,31,40)(H,32,43)(H,33,39)(H,34,41)(H,35,42)(H,37,38)(H,44,45)/t14-,15-,16-,17-,18-,21-,22-/m0/s1. The van der Waals surface area contributed by atoms with E-state index in [1.807, 2.05) is 0 Å². The summed E-state index contributed by atoms with van der Waals surface area (Å²) in [5.74, 6) is -8.28. The maximum atomic E-state index is 13.5. The number of thioether (sulfide) groups is 1. The molecule has 0 bridgehead atoms. The zero-order chi connectivity index (χ0) is 36.4. The third kappa shape index (κ3) is 16.2. The predicted octanol–water partition coefficient (Wildman–Crippen LogP) is -2.05. The minimum absolute atomic E-state index is 0.123. The van der Waals surface area contributed by atoms with E-state index in [2.05, 4.69) is 39.2 Å². The van der Waals surface area contributed by atoms with Gasteiger partial charge in [0, 0.05) is 12.2 Å². The number of primary amides is 1. The Balaban J connectivity index is 6.07. The fourth-order valence-corrected chi connectivity index (χ4v) is 4.80. The van der Waals surface area contributed by atoms with Gasteiger partial charge in [0.2, 0.25) is 35.4 Å². The van der Waals surface area contributed by atoms with E-state index < -0.39 is 102 Å². The number of nitrogens with two attached hydrogens (primary N) is 2. The first-order chi connectivity index (χ1) is 21.9. The van der Waals surface area contributed by atoms with Gasteiger partial charge < -0.3 is 48.3 Å². The number of nitrogens with one attached hydrogen (secondary N) is 5. The minimum Gasteiger partial charge on any atom is -0.481 e. The van der Waals surface area contributed by atoms with Gasteiger partial charge in [0.15, 0.2) is 0 Å². The summed E-state index contributed by atoms with van der Waals surface area (Å²) in [6, 6.07) is -7.78. The largest absolute Gasteiger partial charge is 0.481 e. The monoisotopic (exact) mass is 707 g/mol. The highest BCUT2D eigenvalue weighted by Crippen LogP contribution is 2.11. The molecule has 19 heteroatoms. The number of carboxylic acids is 2. The first-order valence-corrected chi connectivity index (χ1v) is 17.0. The van der Waals surface area contributed by atoms with Crippen LogP contribution >= 0.6 is 24.4 Å². The quantitative estimate of drug-likeness (QED) is 0.0514. The van der Waals surface area contributed by atoms with E-state index in [0.29, 0.717) is 12.2 Å². The van der Waals surface area contributed by atoms with Gasteiger partial charge in [0.1, 0.15) is 30.2 Å². The Morgan fingerprint density at radius 2 is 1.23 bits per heavy atom. The molecule has 0 saturated carbocycles. The highest BCUT2D eigenvalue weighted by Gasteiger charge is 2.34. The van der Waals surface area contributed by atoms with Crippen LogP contribution in [0.3, 0.4) is 0 Å². The second-order valence-electron chi connectivity index (χ2n) is 11.3. The molecule has 0 aliphatic rings. The van der Waals surface area contributed by atoms with E-state index in [9.17, 15) is 43.5 Å². The molecular weight excluding hydrogens is 658 g/mol. The molecule has 0 saturated heterocycles. The van der Waals surface area contributed by atoms with Crippen LogP contribution in [0, 0.1) is 11.8 Å². The SMILES string of the molecule is CC[C@H](C)[C@H](NC(=O)[C@H](CS)NC(=O)[C@@H](N)CC(=O)O)C(=O)N[C@@H](CCC(N)=O)C(=O)N[C@@H](CCSC)C(=O)N[C@H](C(=O)O)C(C)C. The number of carboxylic acid groups (broad SMARTS) is 2. The molecule has 0 aromatic heterocycles. The molecule has 6 amide bonds. The fourth-order valence-electron chi connectivity index (χ4n) is 4.07. The molecule has 0 aliphatic heterocycles. The van der Waals surface area contributed by atoms with Gasteiger partial charge in [0.05, 0.1) is 12.5 Å². The lowest BCUT2D eigenvalue weighted by atomic mass is 9.97. The van der Waals surface area contributed by atoms with Crippen LogP contribution < -0.4 is 38.1 Å². The maximum absolute atomic E-state index is 13.5. The molecule has 0 rings (SSSR count). The van der Waals surface area contributed by atoms with Gasteiger partial charge in [-0.3, -0.25) is 33.6 Å². The Bertz CT molecular complexity index is 1130. The van der Waals surface area contributed by atoms with E-state index in [1.165, 1.54) is 11.8 Å². The maximum Gasteiger partial charge on any atom is 0.326 e. The van der Waals surface area contributed by atoms with E-state index in [-0.39, 0.29) is 25.0 Å². The first-order valence-electron chi connectivity index (χ1n) is 15.0. The summed E-state index contributed by atoms with van der Waals surface area (Å²) in [6.45, 7) is 6.61. The lowest BCUT2D eigenvalue weighted by molar-refractivity contribution is -0.143. The van der Waals surface area contributed by atoms with Gasteiger partial charge in [-0.25, -0.2) is 4.79 Å². The summed E-state index contributed by atoms with van der Waals surface area (Å²) in [4.78, 5) is 99.5. The average Bonchev–Trinajstić information content (AvgIpc) is 2.99. The third-order valence-corrected chi connectivity index (χ3v) is 8.14. The number of amides is 6.